The zero-order valence-corrected chi connectivity index (χ0v) is 11.3. The Morgan fingerprint density at radius 1 is 1.32 bits per heavy atom. The van der Waals surface area contributed by atoms with Crippen molar-refractivity contribution < 1.29 is 9.90 Å². The molecular formula is C14H17N3O2. The van der Waals surface area contributed by atoms with Gasteiger partial charge in [-0.3, -0.25) is 0 Å². The van der Waals surface area contributed by atoms with Gasteiger partial charge in [-0.1, -0.05) is 26.0 Å². The van der Waals surface area contributed by atoms with E-state index in [1.165, 1.54) is 0 Å². The number of hydrogen-bond acceptors (Lipinski definition) is 3. The fraction of sp³-hybridized carbons (Fsp3) is 0.357. The van der Waals surface area contributed by atoms with Crippen LogP contribution in [0.4, 0.5) is 0 Å². The maximum Gasteiger partial charge on any atom is 0.337 e. The van der Waals surface area contributed by atoms with Gasteiger partial charge in [-0.05, 0) is 18.6 Å². The number of aromatic carboxylic acids is 1. The van der Waals surface area contributed by atoms with Gasteiger partial charge in [0.05, 0.1) is 11.3 Å². The minimum absolute atomic E-state index is 0.252. The van der Waals surface area contributed by atoms with E-state index in [2.05, 4.69) is 10.1 Å². The Hall–Kier alpha value is -2.17. The molecule has 1 aromatic carbocycles. The summed E-state index contributed by atoms with van der Waals surface area (Å²) < 4.78 is 1.66. The molecule has 0 aliphatic heterocycles. The Kier molecular flexibility index (Phi) is 3.64. The van der Waals surface area contributed by atoms with Gasteiger partial charge in [0.25, 0.3) is 0 Å². The Balaban J connectivity index is 2.70. The van der Waals surface area contributed by atoms with E-state index in [0.29, 0.717) is 12.1 Å². The zero-order chi connectivity index (χ0) is 14.0. The first-order chi connectivity index (χ1) is 9.08. The second-order valence-electron chi connectivity index (χ2n) is 4.34. The average molecular weight is 259 g/mol. The van der Waals surface area contributed by atoms with E-state index in [4.69, 9.17) is 0 Å². The number of carboxylic acid groups (broad SMARTS) is 1. The number of carbonyl (C=O) groups is 1. The summed E-state index contributed by atoms with van der Waals surface area (Å²) in [5.41, 5.74) is 1.74. The normalized spacial score (nSPS) is 10.7. The summed E-state index contributed by atoms with van der Waals surface area (Å²) in [7, 11) is 0. The molecule has 0 unspecified atom stereocenters. The molecule has 2 aromatic rings. The van der Waals surface area contributed by atoms with Crippen LogP contribution in [0.2, 0.25) is 0 Å². The number of carboxylic acids is 1. The lowest BCUT2D eigenvalue weighted by molar-refractivity contribution is 0.0696. The summed E-state index contributed by atoms with van der Waals surface area (Å²) in [6.45, 7) is 5.85. The van der Waals surface area contributed by atoms with Crippen LogP contribution >= 0.6 is 0 Å². The van der Waals surface area contributed by atoms with Gasteiger partial charge >= 0.3 is 5.97 Å². The van der Waals surface area contributed by atoms with Gasteiger partial charge in [-0.15, -0.1) is 0 Å². The number of benzene rings is 1. The summed E-state index contributed by atoms with van der Waals surface area (Å²) in [5, 5.41) is 13.7. The Morgan fingerprint density at radius 3 is 2.63 bits per heavy atom. The van der Waals surface area contributed by atoms with E-state index < -0.39 is 5.97 Å². The van der Waals surface area contributed by atoms with Crippen molar-refractivity contribution in [3.05, 3.63) is 41.0 Å². The highest BCUT2D eigenvalue weighted by Gasteiger charge is 2.18. The van der Waals surface area contributed by atoms with Gasteiger partial charge < -0.3 is 5.11 Å². The van der Waals surface area contributed by atoms with Crippen molar-refractivity contribution in [2.75, 3.05) is 0 Å². The summed E-state index contributed by atoms with van der Waals surface area (Å²) >= 11 is 0. The van der Waals surface area contributed by atoms with Crippen molar-refractivity contribution in [2.45, 2.75) is 33.6 Å². The minimum Gasteiger partial charge on any atom is -0.478 e. The Bertz CT molecular complexity index is 617. The lowest BCUT2D eigenvalue weighted by atomic mass is 10.1. The molecule has 1 heterocycles. The van der Waals surface area contributed by atoms with E-state index in [0.717, 1.165) is 23.6 Å². The lowest BCUT2D eigenvalue weighted by Gasteiger charge is -2.11. The second-order valence-corrected chi connectivity index (χ2v) is 4.34. The third-order valence-corrected chi connectivity index (χ3v) is 3.03. The molecule has 0 spiro atoms. The topological polar surface area (TPSA) is 68.0 Å². The predicted molar refractivity (Wildman–Crippen MR) is 71.8 cm³/mol. The van der Waals surface area contributed by atoms with E-state index >= 15 is 0 Å². The molecule has 0 aliphatic rings. The number of rotatable bonds is 4. The molecule has 1 aromatic heterocycles. The average Bonchev–Trinajstić information content (AvgIpc) is 2.81. The molecule has 0 amide bonds. The molecule has 2 rings (SSSR count). The number of para-hydroxylation sites is 1. The van der Waals surface area contributed by atoms with Crippen LogP contribution in [0.3, 0.4) is 0 Å². The van der Waals surface area contributed by atoms with E-state index in [9.17, 15) is 9.90 Å². The first-order valence-electron chi connectivity index (χ1n) is 6.36. The highest BCUT2D eigenvalue weighted by Crippen LogP contribution is 2.20. The van der Waals surface area contributed by atoms with Crippen molar-refractivity contribution >= 4 is 5.97 Å². The maximum absolute atomic E-state index is 11.4. The summed E-state index contributed by atoms with van der Waals surface area (Å²) in [5.74, 6) is 0.569. The molecule has 0 saturated heterocycles. The molecular weight excluding hydrogens is 242 g/mol. The molecule has 0 atom stereocenters. The summed E-state index contributed by atoms with van der Waals surface area (Å²) in [4.78, 5) is 15.8. The molecule has 0 saturated carbocycles. The number of nitrogens with zero attached hydrogens (tertiary/aromatic N) is 3. The van der Waals surface area contributed by atoms with Crippen LogP contribution in [0.1, 0.15) is 41.4 Å². The van der Waals surface area contributed by atoms with Crippen molar-refractivity contribution in [3.63, 3.8) is 0 Å². The lowest BCUT2D eigenvalue weighted by Crippen LogP contribution is -2.11. The molecule has 100 valence electrons. The fourth-order valence-electron chi connectivity index (χ4n) is 2.06. The van der Waals surface area contributed by atoms with Crippen molar-refractivity contribution in [2.24, 2.45) is 0 Å². The van der Waals surface area contributed by atoms with Crippen molar-refractivity contribution in [1.82, 2.24) is 14.8 Å². The highest BCUT2D eigenvalue weighted by molar-refractivity contribution is 5.92. The summed E-state index contributed by atoms with van der Waals surface area (Å²) in [6.07, 6.45) is 1.44. The van der Waals surface area contributed by atoms with Gasteiger partial charge in [-0.25, -0.2) is 14.5 Å². The standard InChI is InChI=1S/C14H17N3O2/c1-4-11-15-12(5-2)17(16-11)13-9(3)7-6-8-10(13)14(18)19/h6-8H,4-5H2,1-3H3,(H,18,19). The SMILES string of the molecule is CCc1nc(CC)n(-c2c(C)cccc2C(=O)O)n1. The Morgan fingerprint density at radius 2 is 2.05 bits per heavy atom. The third-order valence-electron chi connectivity index (χ3n) is 3.03. The molecule has 19 heavy (non-hydrogen) atoms. The van der Waals surface area contributed by atoms with Gasteiger partial charge in [-0.2, -0.15) is 5.10 Å². The first kappa shape index (κ1) is 13.3. The number of aryl methyl sites for hydroxylation is 3. The van der Waals surface area contributed by atoms with Crippen LogP contribution in [0, 0.1) is 6.92 Å². The van der Waals surface area contributed by atoms with Crippen LogP contribution in [0.5, 0.6) is 0 Å². The molecule has 0 bridgehead atoms. The number of hydrogen-bond donors (Lipinski definition) is 1. The van der Waals surface area contributed by atoms with Gasteiger partial charge in [0, 0.05) is 12.8 Å². The smallest absolute Gasteiger partial charge is 0.337 e. The van der Waals surface area contributed by atoms with Crippen LogP contribution in [-0.2, 0) is 12.8 Å². The maximum atomic E-state index is 11.4. The van der Waals surface area contributed by atoms with Crippen LogP contribution in [-0.4, -0.2) is 25.8 Å². The monoisotopic (exact) mass is 259 g/mol. The fourth-order valence-corrected chi connectivity index (χ4v) is 2.06. The van der Waals surface area contributed by atoms with Crippen molar-refractivity contribution in [1.29, 1.82) is 0 Å². The number of aromatic nitrogens is 3. The molecule has 0 fully saturated rings. The Labute approximate surface area is 111 Å². The molecule has 1 N–H and O–H groups in total. The zero-order valence-electron chi connectivity index (χ0n) is 11.3. The highest BCUT2D eigenvalue weighted by atomic mass is 16.4. The first-order valence-corrected chi connectivity index (χ1v) is 6.36. The van der Waals surface area contributed by atoms with E-state index in [1.54, 1.807) is 16.8 Å². The third kappa shape index (κ3) is 2.36. The van der Waals surface area contributed by atoms with Crippen LogP contribution in [0.15, 0.2) is 18.2 Å². The van der Waals surface area contributed by atoms with Crippen molar-refractivity contribution in [3.8, 4) is 5.69 Å². The molecule has 0 radical (unpaired) electrons. The molecule has 5 heteroatoms. The largest absolute Gasteiger partial charge is 0.478 e. The quantitative estimate of drug-likeness (QED) is 0.915. The second kappa shape index (κ2) is 5.22. The van der Waals surface area contributed by atoms with Crippen LogP contribution in [0.25, 0.3) is 5.69 Å². The predicted octanol–water partition coefficient (Wildman–Crippen LogP) is 2.40. The minimum atomic E-state index is -0.950. The molecule has 0 aliphatic carbocycles. The van der Waals surface area contributed by atoms with Gasteiger partial charge in [0.2, 0.25) is 0 Å². The summed E-state index contributed by atoms with van der Waals surface area (Å²) in [6, 6.07) is 5.22. The van der Waals surface area contributed by atoms with Gasteiger partial charge in [0.15, 0.2) is 5.82 Å². The van der Waals surface area contributed by atoms with Crippen LogP contribution < -0.4 is 0 Å². The van der Waals surface area contributed by atoms with E-state index in [-0.39, 0.29) is 5.56 Å². The van der Waals surface area contributed by atoms with Gasteiger partial charge in [0.1, 0.15) is 5.82 Å². The molecule has 5 nitrogen and oxygen atoms in total. The van der Waals surface area contributed by atoms with E-state index in [1.807, 2.05) is 26.8 Å².